The van der Waals surface area contributed by atoms with E-state index < -0.39 is 0 Å². The van der Waals surface area contributed by atoms with Crippen LogP contribution < -0.4 is 4.90 Å². The molecule has 0 aliphatic carbocycles. The number of aromatic nitrogens is 2. The molecule has 0 aromatic carbocycles. The topological polar surface area (TPSA) is 55.3 Å². The van der Waals surface area contributed by atoms with Crippen molar-refractivity contribution in [2.45, 2.75) is 13.3 Å². The van der Waals surface area contributed by atoms with E-state index in [1.165, 1.54) is 6.92 Å². The molecule has 0 aliphatic heterocycles. The van der Waals surface area contributed by atoms with Crippen LogP contribution in [0.15, 0.2) is 6.07 Å². The van der Waals surface area contributed by atoms with Gasteiger partial charge in [-0.05, 0) is 18.0 Å². The molecule has 0 unspecified atom stereocenters. The van der Waals surface area contributed by atoms with Gasteiger partial charge >= 0.3 is 5.97 Å². The highest BCUT2D eigenvalue weighted by molar-refractivity contribution is 6.32. The van der Waals surface area contributed by atoms with Crippen LogP contribution in [0.2, 0.25) is 10.4 Å². The number of carbonyl (C=O) groups excluding carboxylic acids is 1. The Bertz CT molecular complexity index is 381. The van der Waals surface area contributed by atoms with Gasteiger partial charge in [0.05, 0.1) is 6.61 Å². The van der Waals surface area contributed by atoms with Crippen molar-refractivity contribution >= 4 is 35.0 Å². The standard InChI is InChI=1S/C10H13Cl2N3O2/c1-7(16)17-5-3-4-15(2)9-6-8(11)13-10(12)14-9/h6H,3-5H2,1-2H3. The largest absolute Gasteiger partial charge is 0.466 e. The summed E-state index contributed by atoms with van der Waals surface area (Å²) in [5.41, 5.74) is 0. The smallest absolute Gasteiger partial charge is 0.302 e. The van der Waals surface area contributed by atoms with Gasteiger partial charge in [-0.3, -0.25) is 4.79 Å². The summed E-state index contributed by atoms with van der Waals surface area (Å²) < 4.78 is 4.83. The minimum Gasteiger partial charge on any atom is -0.466 e. The summed E-state index contributed by atoms with van der Waals surface area (Å²) in [4.78, 5) is 20.2. The molecule has 1 aromatic heterocycles. The van der Waals surface area contributed by atoms with Crippen LogP contribution in [0.4, 0.5) is 5.82 Å². The molecule has 0 fully saturated rings. The molecule has 94 valence electrons. The second kappa shape index (κ2) is 6.61. The van der Waals surface area contributed by atoms with Crippen LogP contribution in [0.25, 0.3) is 0 Å². The third-order valence-corrected chi connectivity index (χ3v) is 2.35. The van der Waals surface area contributed by atoms with Crippen LogP contribution in [-0.2, 0) is 9.53 Å². The first-order valence-electron chi connectivity index (χ1n) is 5.03. The monoisotopic (exact) mass is 277 g/mol. The molecule has 0 atom stereocenters. The Hall–Kier alpha value is -1.07. The molecule has 5 nitrogen and oxygen atoms in total. The van der Waals surface area contributed by atoms with Crippen LogP contribution in [0.1, 0.15) is 13.3 Å². The Morgan fingerprint density at radius 2 is 2.18 bits per heavy atom. The third-order valence-electron chi connectivity index (χ3n) is 1.99. The van der Waals surface area contributed by atoms with E-state index in [4.69, 9.17) is 27.9 Å². The second-order valence-corrected chi connectivity index (χ2v) is 4.16. The molecule has 0 N–H and O–H groups in total. The van der Waals surface area contributed by atoms with Crippen molar-refractivity contribution in [3.05, 3.63) is 16.5 Å². The molecule has 1 heterocycles. The highest BCUT2D eigenvalue weighted by atomic mass is 35.5. The number of halogens is 2. The number of hydrogen-bond donors (Lipinski definition) is 0. The first kappa shape index (κ1) is 14.0. The minimum absolute atomic E-state index is 0.110. The van der Waals surface area contributed by atoms with E-state index in [0.717, 1.165) is 0 Å². The van der Waals surface area contributed by atoms with Gasteiger partial charge in [0.1, 0.15) is 11.0 Å². The lowest BCUT2D eigenvalue weighted by molar-refractivity contribution is -0.140. The van der Waals surface area contributed by atoms with E-state index in [0.29, 0.717) is 30.5 Å². The minimum atomic E-state index is -0.277. The van der Waals surface area contributed by atoms with Gasteiger partial charge < -0.3 is 9.64 Å². The Balaban J connectivity index is 2.46. The van der Waals surface area contributed by atoms with Gasteiger partial charge in [-0.15, -0.1) is 0 Å². The van der Waals surface area contributed by atoms with Crippen LogP contribution >= 0.6 is 23.2 Å². The lowest BCUT2D eigenvalue weighted by Crippen LogP contribution is -2.21. The lowest BCUT2D eigenvalue weighted by Gasteiger charge is -2.17. The number of anilines is 1. The van der Waals surface area contributed by atoms with Gasteiger partial charge in [0.25, 0.3) is 0 Å². The van der Waals surface area contributed by atoms with Crippen molar-refractivity contribution in [3.63, 3.8) is 0 Å². The Labute approximate surface area is 110 Å². The molecular formula is C10H13Cl2N3O2. The zero-order chi connectivity index (χ0) is 12.8. The maximum Gasteiger partial charge on any atom is 0.302 e. The van der Waals surface area contributed by atoms with Crippen molar-refractivity contribution in [1.82, 2.24) is 9.97 Å². The van der Waals surface area contributed by atoms with E-state index in [2.05, 4.69) is 9.97 Å². The summed E-state index contributed by atoms with van der Waals surface area (Å²) >= 11 is 11.5. The van der Waals surface area contributed by atoms with Crippen LogP contribution in [-0.4, -0.2) is 36.1 Å². The van der Waals surface area contributed by atoms with Crippen LogP contribution in [0.3, 0.4) is 0 Å². The van der Waals surface area contributed by atoms with Crippen LogP contribution in [0, 0.1) is 0 Å². The fraction of sp³-hybridized carbons (Fsp3) is 0.500. The van der Waals surface area contributed by atoms with Gasteiger partial charge in [0.15, 0.2) is 0 Å². The van der Waals surface area contributed by atoms with Crippen molar-refractivity contribution in [3.8, 4) is 0 Å². The summed E-state index contributed by atoms with van der Waals surface area (Å²) in [5.74, 6) is 0.360. The Morgan fingerprint density at radius 3 is 2.76 bits per heavy atom. The Kier molecular flexibility index (Phi) is 5.44. The first-order chi connectivity index (χ1) is 7.99. The summed E-state index contributed by atoms with van der Waals surface area (Å²) in [5, 5.41) is 0.408. The number of carbonyl (C=O) groups is 1. The number of esters is 1. The molecule has 1 aromatic rings. The van der Waals surface area contributed by atoms with E-state index in [9.17, 15) is 4.79 Å². The molecule has 7 heteroatoms. The molecular weight excluding hydrogens is 265 g/mol. The Morgan fingerprint density at radius 1 is 1.47 bits per heavy atom. The highest BCUT2D eigenvalue weighted by Gasteiger charge is 2.06. The number of hydrogen-bond acceptors (Lipinski definition) is 5. The average molecular weight is 278 g/mol. The summed E-state index contributed by atoms with van der Waals surface area (Å²) in [6.07, 6.45) is 0.704. The molecule has 0 spiro atoms. The fourth-order valence-electron chi connectivity index (χ4n) is 1.21. The SMILES string of the molecule is CC(=O)OCCCN(C)c1cc(Cl)nc(Cl)n1. The fourth-order valence-corrected chi connectivity index (χ4v) is 1.61. The summed E-state index contributed by atoms with van der Waals surface area (Å²) in [6, 6.07) is 1.62. The molecule has 0 saturated heterocycles. The molecule has 0 amide bonds. The van der Waals surface area contributed by atoms with Gasteiger partial charge in [-0.2, -0.15) is 0 Å². The van der Waals surface area contributed by atoms with Crippen LogP contribution in [0.5, 0.6) is 0 Å². The normalized spacial score (nSPS) is 10.1. The van der Waals surface area contributed by atoms with E-state index in [1.807, 2.05) is 11.9 Å². The molecule has 17 heavy (non-hydrogen) atoms. The van der Waals surface area contributed by atoms with Crippen molar-refractivity contribution in [1.29, 1.82) is 0 Å². The highest BCUT2D eigenvalue weighted by Crippen LogP contribution is 2.17. The summed E-state index contributed by atoms with van der Waals surface area (Å²) in [7, 11) is 1.85. The molecule has 0 bridgehead atoms. The van der Waals surface area contributed by atoms with E-state index in [-0.39, 0.29) is 11.3 Å². The molecule has 0 radical (unpaired) electrons. The molecule has 0 saturated carbocycles. The average Bonchev–Trinajstić information content (AvgIpc) is 2.22. The van der Waals surface area contributed by atoms with Gasteiger partial charge in [0.2, 0.25) is 5.28 Å². The van der Waals surface area contributed by atoms with Crippen molar-refractivity contribution in [2.75, 3.05) is 25.1 Å². The number of ether oxygens (including phenoxy) is 1. The molecule has 1 rings (SSSR count). The number of nitrogens with zero attached hydrogens (tertiary/aromatic N) is 3. The lowest BCUT2D eigenvalue weighted by atomic mass is 10.4. The maximum absolute atomic E-state index is 10.6. The maximum atomic E-state index is 10.6. The second-order valence-electron chi connectivity index (χ2n) is 3.43. The number of rotatable bonds is 5. The van der Waals surface area contributed by atoms with Crippen molar-refractivity contribution in [2.24, 2.45) is 0 Å². The predicted molar refractivity (Wildman–Crippen MR) is 66.6 cm³/mol. The van der Waals surface area contributed by atoms with Gasteiger partial charge in [-0.1, -0.05) is 11.6 Å². The van der Waals surface area contributed by atoms with Gasteiger partial charge in [0, 0.05) is 26.6 Å². The zero-order valence-corrected chi connectivity index (χ0v) is 11.1. The molecule has 0 aliphatic rings. The van der Waals surface area contributed by atoms with Gasteiger partial charge in [-0.25, -0.2) is 9.97 Å². The zero-order valence-electron chi connectivity index (χ0n) is 9.61. The van der Waals surface area contributed by atoms with E-state index in [1.54, 1.807) is 6.07 Å². The third kappa shape index (κ3) is 5.19. The first-order valence-corrected chi connectivity index (χ1v) is 5.79. The predicted octanol–water partition coefficient (Wildman–Crippen LogP) is 2.17. The quantitative estimate of drug-likeness (QED) is 0.357. The van der Waals surface area contributed by atoms with E-state index >= 15 is 0 Å². The summed E-state index contributed by atoms with van der Waals surface area (Å²) in [6.45, 7) is 2.44. The van der Waals surface area contributed by atoms with Crippen molar-refractivity contribution < 1.29 is 9.53 Å².